The number of allylic oxidation sites excluding steroid dienone is 2. The minimum atomic E-state index is 0.561. The van der Waals surface area contributed by atoms with Gasteiger partial charge in [0.1, 0.15) is 0 Å². The summed E-state index contributed by atoms with van der Waals surface area (Å²) in [6, 6.07) is 0. The Balaban J connectivity index is 1.91. The Morgan fingerprint density at radius 2 is 1.89 bits per heavy atom. The standard InChI is InChI=1S/C18H30/c1-13-6-5-10-18(4)15(13)8-7-14-12-17(2,3)11-9-16(14)18/h7,13,15-16H,5-6,8-12H2,1-4H3/t13-,15?,16?,18-/m0/s1. The first-order valence-corrected chi connectivity index (χ1v) is 8.11. The lowest BCUT2D eigenvalue weighted by Crippen LogP contribution is -2.46. The third-order valence-electron chi connectivity index (χ3n) is 6.58. The zero-order chi connectivity index (χ0) is 13.0. The Morgan fingerprint density at radius 3 is 2.67 bits per heavy atom. The molecular weight excluding hydrogens is 216 g/mol. The summed E-state index contributed by atoms with van der Waals surface area (Å²) in [5.74, 6) is 2.85. The fourth-order valence-corrected chi connectivity index (χ4v) is 5.51. The zero-order valence-electron chi connectivity index (χ0n) is 12.8. The van der Waals surface area contributed by atoms with Crippen molar-refractivity contribution in [3.63, 3.8) is 0 Å². The highest BCUT2D eigenvalue weighted by atomic mass is 14.5. The Kier molecular flexibility index (Phi) is 2.92. The van der Waals surface area contributed by atoms with Crippen molar-refractivity contribution in [1.82, 2.24) is 0 Å². The fraction of sp³-hybridized carbons (Fsp3) is 0.889. The predicted octanol–water partition coefficient (Wildman–Crippen LogP) is 5.59. The van der Waals surface area contributed by atoms with Crippen molar-refractivity contribution in [3.8, 4) is 0 Å². The molecule has 3 aliphatic carbocycles. The molecule has 0 heterocycles. The number of hydrogen-bond donors (Lipinski definition) is 0. The van der Waals surface area contributed by atoms with Crippen LogP contribution in [-0.4, -0.2) is 0 Å². The molecule has 0 saturated heterocycles. The highest BCUT2D eigenvalue weighted by Crippen LogP contribution is 2.60. The molecule has 0 amide bonds. The van der Waals surface area contributed by atoms with E-state index in [2.05, 4.69) is 33.8 Å². The Bertz CT molecular complexity index is 362. The van der Waals surface area contributed by atoms with Gasteiger partial charge < -0.3 is 0 Å². The Labute approximate surface area is 113 Å². The van der Waals surface area contributed by atoms with Gasteiger partial charge in [0, 0.05) is 0 Å². The quantitative estimate of drug-likeness (QED) is 0.489. The van der Waals surface area contributed by atoms with Gasteiger partial charge in [-0.1, -0.05) is 52.2 Å². The lowest BCUT2D eigenvalue weighted by molar-refractivity contribution is -0.00660. The molecule has 2 unspecified atom stereocenters. The molecule has 0 aromatic carbocycles. The van der Waals surface area contributed by atoms with Gasteiger partial charge in [0.15, 0.2) is 0 Å². The lowest BCUT2D eigenvalue weighted by Gasteiger charge is -2.56. The molecule has 2 saturated carbocycles. The van der Waals surface area contributed by atoms with Crippen molar-refractivity contribution in [2.24, 2.45) is 28.6 Å². The van der Waals surface area contributed by atoms with E-state index in [-0.39, 0.29) is 0 Å². The van der Waals surface area contributed by atoms with E-state index in [0.717, 1.165) is 17.8 Å². The predicted molar refractivity (Wildman–Crippen MR) is 78.4 cm³/mol. The number of hydrogen-bond acceptors (Lipinski definition) is 0. The molecule has 3 aliphatic rings. The third kappa shape index (κ3) is 1.87. The molecule has 0 heteroatoms. The van der Waals surface area contributed by atoms with Gasteiger partial charge >= 0.3 is 0 Å². The lowest BCUT2D eigenvalue weighted by atomic mass is 9.49. The second-order valence-corrected chi connectivity index (χ2v) is 8.43. The molecule has 0 aromatic heterocycles. The van der Waals surface area contributed by atoms with E-state index < -0.39 is 0 Å². The molecule has 102 valence electrons. The minimum Gasteiger partial charge on any atom is -0.0847 e. The van der Waals surface area contributed by atoms with Crippen LogP contribution in [0.2, 0.25) is 0 Å². The van der Waals surface area contributed by atoms with Crippen molar-refractivity contribution >= 4 is 0 Å². The first kappa shape index (κ1) is 12.8. The van der Waals surface area contributed by atoms with E-state index in [1.54, 1.807) is 0 Å². The summed E-state index contributed by atoms with van der Waals surface area (Å²) in [6.45, 7) is 10.1. The maximum Gasteiger partial charge on any atom is -0.0146 e. The third-order valence-corrected chi connectivity index (χ3v) is 6.58. The normalized spacial score (nSPS) is 46.9. The molecule has 0 spiro atoms. The van der Waals surface area contributed by atoms with Crippen molar-refractivity contribution in [3.05, 3.63) is 11.6 Å². The van der Waals surface area contributed by atoms with Crippen LogP contribution in [0.1, 0.15) is 72.6 Å². The second kappa shape index (κ2) is 4.12. The molecule has 0 bridgehead atoms. The number of rotatable bonds is 0. The Hall–Kier alpha value is -0.260. The first-order valence-electron chi connectivity index (χ1n) is 8.11. The van der Waals surface area contributed by atoms with Crippen LogP contribution in [-0.2, 0) is 0 Å². The van der Waals surface area contributed by atoms with E-state index in [4.69, 9.17) is 0 Å². The van der Waals surface area contributed by atoms with Crippen molar-refractivity contribution < 1.29 is 0 Å². The van der Waals surface area contributed by atoms with Gasteiger partial charge in [0.05, 0.1) is 0 Å². The summed E-state index contributed by atoms with van der Waals surface area (Å²) in [7, 11) is 0. The van der Waals surface area contributed by atoms with Crippen LogP contribution in [0, 0.1) is 28.6 Å². The van der Waals surface area contributed by atoms with Gasteiger partial charge in [0.2, 0.25) is 0 Å². The van der Waals surface area contributed by atoms with E-state index in [0.29, 0.717) is 10.8 Å². The summed E-state index contributed by atoms with van der Waals surface area (Å²) in [5.41, 5.74) is 3.03. The molecule has 3 rings (SSSR count). The molecule has 18 heavy (non-hydrogen) atoms. The molecule has 0 nitrogen and oxygen atoms in total. The SMILES string of the molecule is C[C@H]1CCC[C@]2(C)C3CCC(C)(C)CC3=CCC12. The molecule has 4 atom stereocenters. The van der Waals surface area contributed by atoms with Crippen molar-refractivity contribution in [1.29, 1.82) is 0 Å². The van der Waals surface area contributed by atoms with Crippen LogP contribution >= 0.6 is 0 Å². The zero-order valence-corrected chi connectivity index (χ0v) is 12.8. The largest absolute Gasteiger partial charge is 0.0847 e. The van der Waals surface area contributed by atoms with Crippen LogP contribution in [0.4, 0.5) is 0 Å². The van der Waals surface area contributed by atoms with Gasteiger partial charge in [-0.15, -0.1) is 0 Å². The maximum atomic E-state index is 2.65. The van der Waals surface area contributed by atoms with E-state index in [1.807, 2.05) is 5.57 Å². The summed E-state index contributed by atoms with van der Waals surface area (Å²) in [6.07, 6.45) is 12.7. The highest BCUT2D eigenvalue weighted by Gasteiger charge is 2.50. The molecule has 0 N–H and O–H groups in total. The molecule has 0 radical (unpaired) electrons. The number of fused-ring (bicyclic) bond motifs is 3. The monoisotopic (exact) mass is 246 g/mol. The topological polar surface area (TPSA) is 0 Å². The Morgan fingerprint density at radius 1 is 1.11 bits per heavy atom. The average Bonchev–Trinajstić information content (AvgIpc) is 2.26. The van der Waals surface area contributed by atoms with Gasteiger partial charge in [-0.05, 0) is 60.7 Å². The van der Waals surface area contributed by atoms with E-state index in [1.165, 1.54) is 44.9 Å². The van der Waals surface area contributed by atoms with E-state index in [9.17, 15) is 0 Å². The van der Waals surface area contributed by atoms with Crippen LogP contribution < -0.4 is 0 Å². The van der Waals surface area contributed by atoms with Gasteiger partial charge in [0.25, 0.3) is 0 Å². The van der Waals surface area contributed by atoms with Crippen LogP contribution in [0.3, 0.4) is 0 Å². The van der Waals surface area contributed by atoms with Crippen LogP contribution in [0.25, 0.3) is 0 Å². The van der Waals surface area contributed by atoms with Gasteiger partial charge in [-0.25, -0.2) is 0 Å². The second-order valence-electron chi connectivity index (χ2n) is 8.43. The summed E-state index contributed by atoms with van der Waals surface area (Å²) in [5, 5.41) is 0. The van der Waals surface area contributed by atoms with Crippen LogP contribution in [0.5, 0.6) is 0 Å². The van der Waals surface area contributed by atoms with E-state index >= 15 is 0 Å². The van der Waals surface area contributed by atoms with Crippen molar-refractivity contribution in [2.75, 3.05) is 0 Å². The molecule has 0 aliphatic heterocycles. The molecule has 2 fully saturated rings. The average molecular weight is 246 g/mol. The fourth-order valence-electron chi connectivity index (χ4n) is 5.51. The maximum absolute atomic E-state index is 2.65. The summed E-state index contributed by atoms with van der Waals surface area (Å²) < 4.78 is 0. The summed E-state index contributed by atoms with van der Waals surface area (Å²) in [4.78, 5) is 0. The highest BCUT2D eigenvalue weighted by molar-refractivity contribution is 5.22. The van der Waals surface area contributed by atoms with Crippen LogP contribution in [0.15, 0.2) is 11.6 Å². The minimum absolute atomic E-state index is 0.561. The molecular formula is C18H30. The molecule has 0 aromatic rings. The van der Waals surface area contributed by atoms with Crippen molar-refractivity contribution in [2.45, 2.75) is 72.6 Å². The van der Waals surface area contributed by atoms with Gasteiger partial charge in [-0.2, -0.15) is 0 Å². The summed E-state index contributed by atoms with van der Waals surface area (Å²) >= 11 is 0. The smallest absolute Gasteiger partial charge is 0.0146 e. The first-order chi connectivity index (χ1) is 8.42. The van der Waals surface area contributed by atoms with Gasteiger partial charge in [-0.3, -0.25) is 0 Å².